The molecule has 1 atom stereocenters. The van der Waals surface area contributed by atoms with Crippen LogP contribution >= 0.6 is 0 Å². The van der Waals surface area contributed by atoms with Crippen molar-refractivity contribution in [2.75, 3.05) is 19.6 Å². The van der Waals surface area contributed by atoms with Gasteiger partial charge in [-0.2, -0.15) is 0 Å². The fourth-order valence-corrected chi connectivity index (χ4v) is 3.14. The minimum absolute atomic E-state index is 0.0735. The van der Waals surface area contributed by atoms with Crippen LogP contribution in [-0.4, -0.2) is 46.3 Å². The molecular formula is C18H22N4O3. The first-order valence-electron chi connectivity index (χ1n) is 8.46. The Morgan fingerprint density at radius 3 is 2.92 bits per heavy atom. The first kappa shape index (κ1) is 17.1. The van der Waals surface area contributed by atoms with Gasteiger partial charge in [-0.15, -0.1) is 0 Å². The Kier molecular flexibility index (Phi) is 5.11. The van der Waals surface area contributed by atoms with Crippen molar-refractivity contribution in [3.8, 4) is 0 Å². The van der Waals surface area contributed by atoms with Crippen molar-refractivity contribution >= 4 is 11.8 Å². The summed E-state index contributed by atoms with van der Waals surface area (Å²) in [6.45, 7) is 5.48. The normalized spacial score (nSPS) is 17.4. The third kappa shape index (κ3) is 4.23. The Balaban J connectivity index is 1.59. The first-order valence-corrected chi connectivity index (χ1v) is 8.46. The van der Waals surface area contributed by atoms with E-state index in [0.717, 1.165) is 18.5 Å². The lowest BCUT2D eigenvalue weighted by molar-refractivity contribution is 0.0663. The van der Waals surface area contributed by atoms with Crippen LogP contribution in [0.3, 0.4) is 0 Å². The van der Waals surface area contributed by atoms with Crippen LogP contribution in [-0.2, 0) is 0 Å². The minimum Gasteiger partial charge on any atom is -0.459 e. The fourth-order valence-electron chi connectivity index (χ4n) is 3.14. The van der Waals surface area contributed by atoms with E-state index in [-0.39, 0.29) is 17.7 Å². The molecule has 1 saturated heterocycles. The van der Waals surface area contributed by atoms with E-state index in [2.05, 4.69) is 15.3 Å². The molecule has 0 aromatic carbocycles. The number of nitrogens with one attached hydrogen (secondary N) is 1. The van der Waals surface area contributed by atoms with Gasteiger partial charge in [0, 0.05) is 25.3 Å². The summed E-state index contributed by atoms with van der Waals surface area (Å²) in [4.78, 5) is 34.9. The van der Waals surface area contributed by atoms with Gasteiger partial charge < -0.3 is 14.6 Å². The van der Waals surface area contributed by atoms with E-state index < -0.39 is 0 Å². The van der Waals surface area contributed by atoms with E-state index in [1.54, 1.807) is 25.1 Å². The monoisotopic (exact) mass is 342 g/mol. The predicted molar refractivity (Wildman–Crippen MR) is 91.2 cm³/mol. The molecular weight excluding hydrogens is 320 g/mol. The molecule has 0 saturated carbocycles. The number of aryl methyl sites for hydroxylation is 2. The summed E-state index contributed by atoms with van der Waals surface area (Å²) in [6.07, 6.45) is 3.36. The Bertz CT molecular complexity index is 737. The average Bonchev–Trinajstić information content (AvgIpc) is 3.13. The number of aromatic nitrogens is 2. The van der Waals surface area contributed by atoms with Gasteiger partial charge in [0.2, 0.25) is 0 Å². The lowest BCUT2D eigenvalue weighted by atomic mass is 9.97. The molecule has 2 amide bonds. The average molecular weight is 342 g/mol. The quantitative estimate of drug-likeness (QED) is 0.918. The third-order valence-electron chi connectivity index (χ3n) is 4.29. The van der Waals surface area contributed by atoms with E-state index >= 15 is 0 Å². The fraction of sp³-hybridized carbons (Fsp3) is 0.444. The topological polar surface area (TPSA) is 88.3 Å². The van der Waals surface area contributed by atoms with Gasteiger partial charge in [-0.3, -0.25) is 9.59 Å². The van der Waals surface area contributed by atoms with Gasteiger partial charge in [-0.05, 0) is 50.8 Å². The number of nitrogens with zero attached hydrogens (tertiary/aromatic N) is 3. The Morgan fingerprint density at radius 2 is 2.20 bits per heavy atom. The second-order valence-electron chi connectivity index (χ2n) is 6.39. The number of piperidine rings is 1. The van der Waals surface area contributed by atoms with Crippen molar-refractivity contribution in [1.82, 2.24) is 20.2 Å². The van der Waals surface area contributed by atoms with Crippen LogP contribution in [0.15, 0.2) is 28.9 Å². The number of carbonyl (C=O) groups excluding carboxylic acids is 2. The van der Waals surface area contributed by atoms with E-state index in [1.807, 2.05) is 11.8 Å². The van der Waals surface area contributed by atoms with Crippen molar-refractivity contribution in [3.63, 3.8) is 0 Å². The highest BCUT2D eigenvalue weighted by Gasteiger charge is 2.26. The molecule has 3 heterocycles. The number of hydrogen-bond donors (Lipinski definition) is 1. The molecule has 0 aliphatic carbocycles. The van der Waals surface area contributed by atoms with Crippen LogP contribution in [0.5, 0.6) is 0 Å². The summed E-state index contributed by atoms with van der Waals surface area (Å²) in [5.74, 6) is 0.824. The molecule has 0 spiro atoms. The summed E-state index contributed by atoms with van der Waals surface area (Å²) >= 11 is 0. The summed E-state index contributed by atoms with van der Waals surface area (Å²) < 4.78 is 5.08. The molecule has 1 unspecified atom stereocenters. The van der Waals surface area contributed by atoms with Crippen LogP contribution < -0.4 is 5.32 Å². The molecule has 0 radical (unpaired) electrons. The number of furan rings is 1. The van der Waals surface area contributed by atoms with Crippen LogP contribution in [0.1, 0.15) is 45.4 Å². The molecule has 7 nitrogen and oxygen atoms in total. The maximum absolute atomic E-state index is 12.7. The highest BCUT2D eigenvalue weighted by Crippen LogP contribution is 2.18. The van der Waals surface area contributed by atoms with Crippen LogP contribution in [0.4, 0.5) is 0 Å². The van der Waals surface area contributed by atoms with Gasteiger partial charge >= 0.3 is 0 Å². The Morgan fingerprint density at radius 1 is 1.36 bits per heavy atom. The van der Waals surface area contributed by atoms with Gasteiger partial charge in [-0.1, -0.05) is 0 Å². The summed E-state index contributed by atoms with van der Waals surface area (Å²) in [6, 6.07) is 5.03. The molecule has 25 heavy (non-hydrogen) atoms. The van der Waals surface area contributed by atoms with Gasteiger partial charge in [0.05, 0.1) is 6.26 Å². The van der Waals surface area contributed by atoms with Gasteiger partial charge in [0.1, 0.15) is 11.5 Å². The second-order valence-corrected chi connectivity index (χ2v) is 6.39. The standard InChI is InChI=1S/C18H22N4O3/c1-12-9-15(21-13(2)20-12)18(24)22-7-3-5-14(11-22)10-19-17(23)16-6-4-8-25-16/h4,6,8-9,14H,3,5,7,10-11H2,1-2H3,(H,19,23). The summed E-state index contributed by atoms with van der Waals surface area (Å²) in [7, 11) is 0. The molecule has 1 aliphatic rings. The zero-order valence-corrected chi connectivity index (χ0v) is 14.5. The molecule has 7 heteroatoms. The molecule has 2 aromatic heterocycles. The van der Waals surface area contributed by atoms with Gasteiger partial charge in [-0.25, -0.2) is 9.97 Å². The third-order valence-corrected chi connectivity index (χ3v) is 4.29. The molecule has 1 aliphatic heterocycles. The van der Waals surface area contributed by atoms with Crippen molar-refractivity contribution < 1.29 is 14.0 Å². The molecule has 2 aromatic rings. The highest BCUT2D eigenvalue weighted by molar-refractivity contribution is 5.92. The first-order chi connectivity index (χ1) is 12.0. The van der Waals surface area contributed by atoms with Crippen molar-refractivity contribution in [3.05, 3.63) is 47.4 Å². The van der Waals surface area contributed by atoms with Crippen LogP contribution in [0, 0.1) is 19.8 Å². The number of carbonyl (C=O) groups is 2. The lowest BCUT2D eigenvalue weighted by Crippen LogP contribution is -2.44. The zero-order valence-electron chi connectivity index (χ0n) is 14.5. The number of hydrogen-bond acceptors (Lipinski definition) is 5. The maximum Gasteiger partial charge on any atom is 0.286 e. The summed E-state index contributed by atoms with van der Waals surface area (Å²) in [5, 5.41) is 2.88. The molecule has 1 fully saturated rings. The maximum atomic E-state index is 12.7. The zero-order chi connectivity index (χ0) is 17.8. The van der Waals surface area contributed by atoms with E-state index in [0.29, 0.717) is 36.9 Å². The number of amides is 2. The second kappa shape index (κ2) is 7.46. The molecule has 132 valence electrons. The minimum atomic E-state index is -0.226. The highest BCUT2D eigenvalue weighted by atomic mass is 16.3. The Labute approximate surface area is 146 Å². The molecule has 0 bridgehead atoms. The van der Waals surface area contributed by atoms with E-state index in [4.69, 9.17) is 4.42 Å². The van der Waals surface area contributed by atoms with Crippen LogP contribution in [0.25, 0.3) is 0 Å². The van der Waals surface area contributed by atoms with Gasteiger partial charge in [0.15, 0.2) is 5.76 Å². The number of rotatable bonds is 4. The lowest BCUT2D eigenvalue weighted by Gasteiger charge is -2.32. The smallest absolute Gasteiger partial charge is 0.286 e. The SMILES string of the molecule is Cc1cc(C(=O)N2CCCC(CNC(=O)c3ccco3)C2)nc(C)n1. The Hall–Kier alpha value is -2.70. The van der Waals surface area contributed by atoms with Crippen LogP contribution in [0.2, 0.25) is 0 Å². The predicted octanol–water partition coefficient (Wildman–Crippen LogP) is 1.97. The van der Waals surface area contributed by atoms with Gasteiger partial charge in [0.25, 0.3) is 11.8 Å². The van der Waals surface area contributed by atoms with Crippen molar-refractivity contribution in [1.29, 1.82) is 0 Å². The largest absolute Gasteiger partial charge is 0.459 e. The molecule has 1 N–H and O–H groups in total. The van der Waals surface area contributed by atoms with Crippen molar-refractivity contribution in [2.45, 2.75) is 26.7 Å². The van der Waals surface area contributed by atoms with E-state index in [1.165, 1.54) is 6.26 Å². The molecule has 3 rings (SSSR count). The number of likely N-dealkylation sites (tertiary alicyclic amines) is 1. The summed E-state index contributed by atoms with van der Waals surface area (Å²) in [5.41, 5.74) is 1.22. The van der Waals surface area contributed by atoms with Crippen molar-refractivity contribution in [2.24, 2.45) is 5.92 Å². The van der Waals surface area contributed by atoms with E-state index in [9.17, 15) is 9.59 Å².